The summed E-state index contributed by atoms with van der Waals surface area (Å²) in [6, 6.07) is 9.52. The number of rotatable bonds is 6. The van der Waals surface area contributed by atoms with Crippen LogP contribution in [0.3, 0.4) is 0 Å². The van der Waals surface area contributed by atoms with Crippen LogP contribution in [0, 0.1) is 17.0 Å². The first-order valence-corrected chi connectivity index (χ1v) is 9.82. The molecule has 0 aliphatic rings. The third-order valence-corrected chi connectivity index (χ3v) is 5.42. The molecule has 0 bridgehead atoms. The standard InChI is InChI=1S/C18H15N3O5S2/c1-10-6-7-15(28-10)17(23)26-11(2)16(22)20-18-19-14(9-27-18)12-4-3-5-13(8-12)21(24)25/h3-9,11H,1-2H3,(H,19,20,22). The molecule has 8 nitrogen and oxygen atoms in total. The summed E-state index contributed by atoms with van der Waals surface area (Å²) < 4.78 is 5.18. The number of benzene rings is 1. The summed E-state index contributed by atoms with van der Waals surface area (Å²) in [4.78, 5) is 40.4. The molecule has 28 heavy (non-hydrogen) atoms. The smallest absolute Gasteiger partial charge is 0.349 e. The summed E-state index contributed by atoms with van der Waals surface area (Å²) in [6.07, 6.45) is -1.000. The molecular formula is C18H15N3O5S2. The van der Waals surface area contributed by atoms with E-state index in [1.54, 1.807) is 29.6 Å². The van der Waals surface area contributed by atoms with Crippen molar-refractivity contribution < 1.29 is 19.2 Å². The Bertz CT molecular complexity index is 1040. The summed E-state index contributed by atoms with van der Waals surface area (Å²) in [5, 5.41) is 15.5. The highest BCUT2D eigenvalue weighted by Gasteiger charge is 2.21. The van der Waals surface area contributed by atoms with E-state index in [4.69, 9.17) is 4.74 Å². The highest BCUT2D eigenvalue weighted by atomic mass is 32.1. The lowest BCUT2D eigenvalue weighted by atomic mass is 10.1. The number of nitrogens with one attached hydrogen (secondary N) is 1. The Morgan fingerprint density at radius 1 is 1.29 bits per heavy atom. The first kappa shape index (κ1) is 19.6. The van der Waals surface area contributed by atoms with Crippen molar-refractivity contribution in [3.05, 3.63) is 61.6 Å². The van der Waals surface area contributed by atoms with Crippen LogP contribution < -0.4 is 5.32 Å². The molecule has 0 saturated heterocycles. The molecule has 0 radical (unpaired) electrons. The van der Waals surface area contributed by atoms with Crippen molar-refractivity contribution in [3.8, 4) is 11.3 Å². The summed E-state index contributed by atoms with van der Waals surface area (Å²) in [5.41, 5.74) is 1.03. The number of ether oxygens (including phenoxy) is 1. The van der Waals surface area contributed by atoms with Gasteiger partial charge in [-0.25, -0.2) is 9.78 Å². The Labute approximate surface area is 168 Å². The van der Waals surface area contributed by atoms with Crippen molar-refractivity contribution in [1.82, 2.24) is 4.98 Å². The van der Waals surface area contributed by atoms with E-state index in [9.17, 15) is 19.7 Å². The van der Waals surface area contributed by atoms with Crippen LogP contribution in [-0.4, -0.2) is 27.9 Å². The maximum atomic E-state index is 12.3. The Morgan fingerprint density at radius 3 is 2.75 bits per heavy atom. The van der Waals surface area contributed by atoms with Gasteiger partial charge in [0.1, 0.15) is 4.88 Å². The van der Waals surface area contributed by atoms with Crippen LogP contribution in [0.2, 0.25) is 0 Å². The normalized spacial score (nSPS) is 11.6. The van der Waals surface area contributed by atoms with Crippen molar-refractivity contribution in [3.63, 3.8) is 0 Å². The Hall–Kier alpha value is -3.11. The van der Waals surface area contributed by atoms with Gasteiger partial charge in [0.2, 0.25) is 0 Å². The van der Waals surface area contributed by atoms with Gasteiger partial charge in [-0.2, -0.15) is 0 Å². The van der Waals surface area contributed by atoms with Gasteiger partial charge in [-0.3, -0.25) is 20.2 Å². The average molecular weight is 417 g/mol. The fourth-order valence-electron chi connectivity index (χ4n) is 2.27. The lowest BCUT2D eigenvalue weighted by Crippen LogP contribution is -2.29. The number of anilines is 1. The molecule has 0 spiro atoms. The van der Waals surface area contributed by atoms with Crippen molar-refractivity contribution in [2.45, 2.75) is 20.0 Å². The van der Waals surface area contributed by atoms with Gasteiger partial charge in [0, 0.05) is 28.0 Å². The lowest BCUT2D eigenvalue weighted by molar-refractivity contribution is -0.384. The van der Waals surface area contributed by atoms with Crippen molar-refractivity contribution >= 4 is 45.4 Å². The molecule has 1 unspecified atom stereocenters. The van der Waals surface area contributed by atoms with Crippen LogP contribution >= 0.6 is 22.7 Å². The largest absolute Gasteiger partial charge is 0.448 e. The van der Waals surface area contributed by atoms with E-state index in [1.807, 2.05) is 6.92 Å². The molecule has 10 heteroatoms. The number of aryl methyl sites for hydroxylation is 1. The van der Waals surface area contributed by atoms with Gasteiger partial charge in [0.15, 0.2) is 11.2 Å². The van der Waals surface area contributed by atoms with E-state index in [1.165, 1.54) is 41.7 Å². The van der Waals surface area contributed by atoms with E-state index in [-0.39, 0.29) is 5.69 Å². The molecule has 2 heterocycles. The van der Waals surface area contributed by atoms with Crippen LogP contribution in [0.4, 0.5) is 10.8 Å². The number of nitro groups is 1. The minimum Gasteiger partial charge on any atom is -0.448 e. The molecule has 0 fully saturated rings. The van der Waals surface area contributed by atoms with E-state index in [2.05, 4.69) is 10.3 Å². The predicted octanol–water partition coefficient (Wildman–Crippen LogP) is 4.27. The van der Waals surface area contributed by atoms with E-state index in [0.29, 0.717) is 21.3 Å². The maximum absolute atomic E-state index is 12.3. The molecule has 0 aliphatic heterocycles. The minimum atomic E-state index is -1.000. The van der Waals surface area contributed by atoms with Gasteiger partial charge in [0.25, 0.3) is 11.6 Å². The maximum Gasteiger partial charge on any atom is 0.349 e. The van der Waals surface area contributed by atoms with E-state index < -0.39 is 22.9 Å². The average Bonchev–Trinajstić information content (AvgIpc) is 3.31. The zero-order valence-corrected chi connectivity index (χ0v) is 16.5. The van der Waals surface area contributed by atoms with Crippen LogP contribution in [0.15, 0.2) is 41.8 Å². The first-order valence-electron chi connectivity index (χ1n) is 8.12. The molecule has 144 valence electrons. The number of nitro benzene ring substituents is 1. The summed E-state index contributed by atoms with van der Waals surface area (Å²) in [6.45, 7) is 3.35. The molecular weight excluding hydrogens is 402 g/mol. The van der Waals surface area contributed by atoms with Crippen molar-refractivity contribution in [2.24, 2.45) is 0 Å². The quantitative estimate of drug-likeness (QED) is 0.364. The molecule has 1 atom stereocenters. The lowest BCUT2D eigenvalue weighted by Gasteiger charge is -2.11. The number of carbonyl (C=O) groups excluding carboxylic acids is 2. The number of hydrogen-bond donors (Lipinski definition) is 1. The highest BCUT2D eigenvalue weighted by Crippen LogP contribution is 2.27. The molecule has 1 amide bonds. The zero-order valence-electron chi connectivity index (χ0n) is 14.9. The second kappa shape index (κ2) is 8.28. The topological polar surface area (TPSA) is 111 Å². The number of nitrogens with zero attached hydrogens (tertiary/aromatic N) is 2. The molecule has 3 aromatic rings. The van der Waals surface area contributed by atoms with Gasteiger partial charge < -0.3 is 4.74 Å². The monoisotopic (exact) mass is 417 g/mol. The van der Waals surface area contributed by atoms with Crippen molar-refractivity contribution in [2.75, 3.05) is 5.32 Å². The Morgan fingerprint density at radius 2 is 2.07 bits per heavy atom. The molecule has 1 N–H and O–H groups in total. The Kier molecular flexibility index (Phi) is 5.81. The SMILES string of the molecule is Cc1ccc(C(=O)OC(C)C(=O)Nc2nc(-c3cccc([N+](=O)[O-])c3)cs2)s1. The van der Waals surface area contributed by atoms with Crippen LogP contribution in [0.25, 0.3) is 11.3 Å². The van der Waals surface area contributed by atoms with Gasteiger partial charge in [-0.1, -0.05) is 12.1 Å². The van der Waals surface area contributed by atoms with Gasteiger partial charge in [0.05, 0.1) is 10.6 Å². The molecule has 1 aromatic carbocycles. The van der Waals surface area contributed by atoms with Gasteiger partial charge >= 0.3 is 5.97 Å². The number of hydrogen-bond acceptors (Lipinski definition) is 8. The van der Waals surface area contributed by atoms with Gasteiger partial charge in [-0.05, 0) is 26.0 Å². The second-order valence-corrected chi connectivity index (χ2v) is 7.94. The van der Waals surface area contributed by atoms with E-state index in [0.717, 1.165) is 4.88 Å². The van der Waals surface area contributed by atoms with Crippen LogP contribution in [-0.2, 0) is 9.53 Å². The third-order valence-electron chi connectivity index (χ3n) is 3.68. The summed E-state index contributed by atoms with van der Waals surface area (Å²) >= 11 is 2.46. The number of thiazole rings is 1. The second-order valence-electron chi connectivity index (χ2n) is 5.79. The number of thiophene rings is 1. The fourth-order valence-corrected chi connectivity index (χ4v) is 3.74. The highest BCUT2D eigenvalue weighted by molar-refractivity contribution is 7.14. The van der Waals surface area contributed by atoms with Crippen LogP contribution in [0.1, 0.15) is 21.5 Å². The number of carbonyl (C=O) groups is 2. The van der Waals surface area contributed by atoms with E-state index >= 15 is 0 Å². The van der Waals surface area contributed by atoms with Crippen molar-refractivity contribution in [1.29, 1.82) is 0 Å². The third kappa shape index (κ3) is 4.59. The zero-order chi connectivity index (χ0) is 20.3. The summed E-state index contributed by atoms with van der Waals surface area (Å²) in [7, 11) is 0. The number of non-ortho nitro benzene ring substituents is 1. The first-order chi connectivity index (χ1) is 13.3. The molecule has 0 saturated carbocycles. The molecule has 0 aliphatic carbocycles. The van der Waals surface area contributed by atoms with Gasteiger partial charge in [-0.15, -0.1) is 22.7 Å². The van der Waals surface area contributed by atoms with Crippen LogP contribution in [0.5, 0.6) is 0 Å². The summed E-state index contributed by atoms with van der Waals surface area (Å²) in [5.74, 6) is -1.07. The fraction of sp³-hybridized carbons (Fsp3) is 0.167. The predicted molar refractivity (Wildman–Crippen MR) is 107 cm³/mol. The minimum absolute atomic E-state index is 0.0413. The molecule has 3 rings (SSSR count). The molecule has 2 aromatic heterocycles. The number of aromatic nitrogens is 1. The number of amides is 1. The Balaban J connectivity index is 1.64. The number of esters is 1.